The third kappa shape index (κ3) is 2.40. The first-order valence-corrected chi connectivity index (χ1v) is 6.96. The number of aryl methyl sites for hydroxylation is 1. The van der Waals surface area contributed by atoms with Gasteiger partial charge in [-0.25, -0.2) is 9.37 Å². The fraction of sp³-hybridized carbons (Fsp3) is 0.0667. The minimum absolute atomic E-state index is 0.250. The predicted octanol–water partition coefficient (Wildman–Crippen LogP) is 3.90. The zero-order valence-electron chi connectivity index (χ0n) is 10.8. The van der Waals surface area contributed by atoms with Gasteiger partial charge in [0.2, 0.25) is 0 Å². The molecular weight excluding hydrogens is 273 g/mol. The van der Waals surface area contributed by atoms with Crippen molar-refractivity contribution in [2.75, 3.05) is 5.73 Å². The van der Waals surface area contributed by atoms with E-state index in [0.29, 0.717) is 5.13 Å². The van der Waals surface area contributed by atoms with Gasteiger partial charge in [-0.1, -0.05) is 0 Å². The van der Waals surface area contributed by atoms with Gasteiger partial charge in [0, 0.05) is 22.2 Å². The summed E-state index contributed by atoms with van der Waals surface area (Å²) in [6, 6.07) is 10.2. The number of hydrogen-bond donors (Lipinski definition) is 1. The number of nitrogens with two attached hydrogens (primary N) is 1. The van der Waals surface area contributed by atoms with Crippen LogP contribution in [0.1, 0.15) is 5.69 Å². The summed E-state index contributed by atoms with van der Waals surface area (Å²) < 4.78 is 12.9. The van der Waals surface area contributed by atoms with Crippen molar-refractivity contribution in [3.05, 3.63) is 53.3 Å². The van der Waals surface area contributed by atoms with Crippen molar-refractivity contribution < 1.29 is 4.39 Å². The van der Waals surface area contributed by atoms with Crippen LogP contribution in [0.15, 0.2) is 41.8 Å². The van der Waals surface area contributed by atoms with Crippen LogP contribution in [-0.4, -0.2) is 9.97 Å². The molecule has 100 valence electrons. The largest absolute Gasteiger partial charge is 0.375 e. The topological polar surface area (TPSA) is 51.8 Å². The van der Waals surface area contributed by atoms with Gasteiger partial charge in [-0.15, -0.1) is 11.3 Å². The van der Waals surface area contributed by atoms with Crippen LogP contribution in [0.25, 0.3) is 22.5 Å². The molecule has 0 radical (unpaired) electrons. The van der Waals surface area contributed by atoms with Crippen LogP contribution < -0.4 is 5.73 Å². The van der Waals surface area contributed by atoms with Gasteiger partial charge in [0.25, 0.3) is 0 Å². The van der Waals surface area contributed by atoms with Gasteiger partial charge in [0.05, 0.1) is 11.4 Å². The zero-order chi connectivity index (χ0) is 14.1. The number of pyridine rings is 1. The molecule has 0 unspecified atom stereocenters. The Morgan fingerprint density at radius 3 is 2.35 bits per heavy atom. The molecule has 5 heteroatoms. The van der Waals surface area contributed by atoms with E-state index in [1.165, 1.54) is 23.5 Å². The first kappa shape index (κ1) is 12.7. The van der Waals surface area contributed by atoms with Gasteiger partial charge in [-0.2, -0.15) is 0 Å². The fourth-order valence-corrected chi connectivity index (χ4v) is 2.59. The van der Waals surface area contributed by atoms with Crippen LogP contribution in [0.5, 0.6) is 0 Å². The highest BCUT2D eigenvalue weighted by atomic mass is 32.1. The Bertz CT molecular complexity index is 750. The Morgan fingerprint density at radius 2 is 1.75 bits per heavy atom. The van der Waals surface area contributed by atoms with Crippen molar-refractivity contribution in [1.82, 2.24) is 9.97 Å². The minimum atomic E-state index is -0.250. The summed E-state index contributed by atoms with van der Waals surface area (Å²) in [7, 11) is 0. The summed E-state index contributed by atoms with van der Waals surface area (Å²) in [5, 5.41) is 2.46. The smallest absolute Gasteiger partial charge is 0.180 e. The summed E-state index contributed by atoms with van der Waals surface area (Å²) in [4.78, 5) is 8.82. The third-order valence-corrected chi connectivity index (χ3v) is 3.70. The molecule has 20 heavy (non-hydrogen) atoms. The summed E-state index contributed by atoms with van der Waals surface area (Å²) in [6.07, 6.45) is 0. The average Bonchev–Trinajstić information content (AvgIpc) is 2.86. The van der Waals surface area contributed by atoms with Gasteiger partial charge in [-0.3, -0.25) is 4.98 Å². The van der Waals surface area contributed by atoms with Crippen molar-refractivity contribution in [1.29, 1.82) is 0 Å². The zero-order valence-corrected chi connectivity index (χ0v) is 11.6. The SMILES string of the molecule is Cc1nc(-c2ccc(F)cc2)ccc1-c1csc(N)n1. The Labute approximate surface area is 119 Å². The molecule has 0 bridgehead atoms. The lowest BCUT2D eigenvalue weighted by molar-refractivity contribution is 0.628. The summed E-state index contributed by atoms with van der Waals surface area (Å²) in [5.41, 5.74) is 10.0. The van der Waals surface area contributed by atoms with E-state index in [1.807, 2.05) is 24.4 Å². The van der Waals surface area contributed by atoms with Crippen molar-refractivity contribution in [3.63, 3.8) is 0 Å². The second kappa shape index (κ2) is 5.02. The van der Waals surface area contributed by atoms with E-state index >= 15 is 0 Å². The van der Waals surface area contributed by atoms with E-state index in [4.69, 9.17) is 5.73 Å². The first-order chi connectivity index (χ1) is 9.63. The molecular formula is C15H12FN3S. The number of benzene rings is 1. The number of thiazole rings is 1. The predicted molar refractivity (Wildman–Crippen MR) is 79.9 cm³/mol. The molecule has 0 saturated carbocycles. The molecule has 3 rings (SSSR count). The van der Waals surface area contributed by atoms with E-state index in [-0.39, 0.29) is 5.82 Å². The van der Waals surface area contributed by atoms with E-state index in [2.05, 4.69) is 9.97 Å². The van der Waals surface area contributed by atoms with E-state index in [9.17, 15) is 4.39 Å². The van der Waals surface area contributed by atoms with E-state index in [1.54, 1.807) is 12.1 Å². The molecule has 1 aromatic carbocycles. The number of anilines is 1. The maximum atomic E-state index is 12.9. The summed E-state index contributed by atoms with van der Waals surface area (Å²) >= 11 is 1.41. The molecule has 2 N–H and O–H groups in total. The number of nitrogens with zero attached hydrogens (tertiary/aromatic N) is 2. The van der Waals surface area contributed by atoms with Crippen LogP contribution in [0.4, 0.5) is 9.52 Å². The molecule has 0 aliphatic heterocycles. The Kier molecular flexibility index (Phi) is 3.20. The summed E-state index contributed by atoms with van der Waals surface area (Å²) in [6.45, 7) is 1.93. The second-order valence-electron chi connectivity index (χ2n) is 4.41. The maximum Gasteiger partial charge on any atom is 0.180 e. The molecule has 0 fully saturated rings. The lowest BCUT2D eigenvalue weighted by Gasteiger charge is -2.06. The van der Waals surface area contributed by atoms with Crippen molar-refractivity contribution in [3.8, 4) is 22.5 Å². The third-order valence-electron chi connectivity index (χ3n) is 3.02. The van der Waals surface area contributed by atoms with Gasteiger partial charge in [0.15, 0.2) is 5.13 Å². The van der Waals surface area contributed by atoms with Gasteiger partial charge in [0.1, 0.15) is 5.82 Å². The number of rotatable bonds is 2. The number of nitrogen functional groups attached to an aromatic ring is 1. The van der Waals surface area contributed by atoms with Gasteiger partial charge < -0.3 is 5.73 Å². The Hall–Kier alpha value is -2.27. The van der Waals surface area contributed by atoms with E-state index < -0.39 is 0 Å². The van der Waals surface area contributed by atoms with Crippen molar-refractivity contribution >= 4 is 16.5 Å². The van der Waals surface area contributed by atoms with Crippen LogP contribution in [-0.2, 0) is 0 Å². The van der Waals surface area contributed by atoms with Gasteiger partial charge >= 0.3 is 0 Å². The first-order valence-electron chi connectivity index (χ1n) is 6.08. The van der Waals surface area contributed by atoms with Crippen LogP contribution in [0.2, 0.25) is 0 Å². The van der Waals surface area contributed by atoms with Gasteiger partial charge in [-0.05, 0) is 43.3 Å². The fourth-order valence-electron chi connectivity index (χ4n) is 2.02. The molecule has 3 nitrogen and oxygen atoms in total. The number of halogens is 1. The molecule has 2 heterocycles. The van der Waals surface area contributed by atoms with Crippen LogP contribution in [0.3, 0.4) is 0 Å². The molecule has 0 saturated heterocycles. The van der Waals surface area contributed by atoms with Crippen molar-refractivity contribution in [2.45, 2.75) is 6.92 Å². The Morgan fingerprint density at radius 1 is 1.00 bits per heavy atom. The quantitative estimate of drug-likeness (QED) is 0.777. The average molecular weight is 285 g/mol. The molecule has 0 atom stereocenters. The second-order valence-corrected chi connectivity index (χ2v) is 5.30. The van der Waals surface area contributed by atoms with E-state index in [0.717, 1.165) is 28.2 Å². The number of aromatic nitrogens is 2. The Balaban J connectivity index is 2.01. The normalized spacial score (nSPS) is 10.7. The van der Waals surface area contributed by atoms with Crippen LogP contribution >= 0.6 is 11.3 Å². The highest BCUT2D eigenvalue weighted by Crippen LogP contribution is 2.27. The standard InChI is InChI=1S/C15H12FN3S/c1-9-12(14-8-20-15(17)19-14)6-7-13(18-9)10-2-4-11(16)5-3-10/h2-8H,1H3,(H2,17,19). The van der Waals surface area contributed by atoms with Crippen LogP contribution in [0, 0.1) is 12.7 Å². The molecule has 2 aromatic heterocycles. The highest BCUT2D eigenvalue weighted by molar-refractivity contribution is 7.13. The monoisotopic (exact) mass is 285 g/mol. The summed E-state index contributed by atoms with van der Waals surface area (Å²) in [5.74, 6) is -0.250. The molecule has 3 aromatic rings. The lowest BCUT2D eigenvalue weighted by atomic mass is 10.1. The maximum absolute atomic E-state index is 12.9. The molecule has 0 amide bonds. The lowest BCUT2D eigenvalue weighted by Crippen LogP contribution is -1.92. The molecule has 0 aliphatic rings. The highest BCUT2D eigenvalue weighted by Gasteiger charge is 2.09. The molecule has 0 aliphatic carbocycles. The molecule has 0 spiro atoms. The minimum Gasteiger partial charge on any atom is -0.375 e. The van der Waals surface area contributed by atoms with Crippen molar-refractivity contribution in [2.24, 2.45) is 0 Å². The number of hydrogen-bond acceptors (Lipinski definition) is 4.